The number of nitrogens with one attached hydrogen (secondary N) is 1. The molecule has 1 amide bonds. The topological polar surface area (TPSA) is 94.9 Å². The number of ether oxygens (including phenoxy) is 1. The minimum absolute atomic E-state index is 0.00572. The molecule has 0 saturated carbocycles. The molecule has 0 atom stereocenters. The molecule has 0 aliphatic heterocycles. The van der Waals surface area contributed by atoms with Crippen LogP contribution in [0.5, 0.6) is 5.75 Å². The summed E-state index contributed by atoms with van der Waals surface area (Å²) in [5.74, 6) is 0.504. The highest BCUT2D eigenvalue weighted by Gasteiger charge is 2.15. The van der Waals surface area contributed by atoms with Crippen LogP contribution in [0.2, 0.25) is 0 Å². The Kier molecular flexibility index (Phi) is 4.34. The molecular formula is C19H20N6O3. The Morgan fingerprint density at radius 3 is 2.61 bits per heavy atom. The first-order valence-electron chi connectivity index (χ1n) is 8.87. The van der Waals surface area contributed by atoms with Crippen molar-refractivity contribution in [1.82, 2.24) is 29.1 Å². The highest BCUT2D eigenvalue weighted by Crippen LogP contribution is 2.23. The Bertz CT molecular complexity index is 1220. The van der Waals surface area contributed by atoms with Crippen LogP contribution in [0.1, 0.15) is 13.8 Å². The zero-order chi connectivity index (χ0) is 19.8. The van der Waals surface area contributed by atoms with Crippen LogP contribution in [0.4, 0.5) is 0 Å². The van der Waals surface area contributed by atoms with E-state index >= 15 is 0 Å². The molecule has 1 N–H and O–H groups in total. The Labute approximate surface area is 160 Å². The first-order chi connectivity index (χ1) is 13.5. The Hall–Kier alpha value is -3.62. The summed E-state index contributed by atoms with van der Waals surface area (Å²) < 4.78 is 9.42. The minimum atomic E-state index is -0.372. The molecule has 0 unspecified atom stereocenters. The van der Waals surface area contributed by atoms with Gasteiger partial charge in [-0.05, 0) is 44.2 Å². The quantitative estimate of drug-likeness (QED) is 0.564. The van der Waals surface area contributed by atoms with Gasteiger partial charge in [-0.25, -0.2) is 18.4 Å². The van der Waals surface area contributed by atoms with Crippen molar-refractivity contribution in [2.75, 3.05) is 7.11 Å². The second kappa shape index (κ2) is 6.84. The summed E-state index contributed by atoms with van der Waals surface area (Å²) in [4.78, 5) is 24.6. The van der Waals surface area contributed by atoms with E-state index in [0.717, 1.165) is 21.7 Å². The lowest BCUT2D eigenvalue weighted by molar-refractivity contribution is -0.122. The Balaban J connectivity index is 1.76. The molecule has 0 aliphatic rings. The predicted molar refractivity (Wildman–Crippen MR) is 103 cm³/mol. The average molecular weight is 380 g/mol. The predicted octanol–water partition coefficient (Wildman–Crippen LogP) is 1.34. The van der Waals surface area contributed by atoms with Crippen molar-refractivity contribution in [3.8, 4) is 17.0 Å². The van der Waals surface area contributed by atoms with Gasteiger partial charge in [-0.3, -0.25) is 4.79 Å². The maximum absolute atomic E-state index is 12.6. The minimum Gasteiger partial charge on any atom is -0.497 e. The number of carbonyl (C=O) groups excluding carboxylic acids is 1. The number of carbonyl (C=O) groups is 1. The van der Waals surface area contributed by atoms with E-state index in [1.807, 2.05) is 44.2 Å². The van der Waals surface area contributed by atoms with Gasteiger partial charge in [-0.2, -0.15) is 5.10 Å². The summed E-state index contributed by atoms with van der Waals surface area (Å²) in [7, 11) is 1.62. The number of aromatic nitrogens is 5. The lowest BCUT2D eigenvalue weighted by Crippen LogP contribution is -2.36. The molecule has 0 bridgehead atoms. The molecule has 3 heterocycles. The summed E-state index contributed by atoms with van der Waals surface area (Å²) >= 11 is 0. The molecule has 28 heavy (non-hydrogen) atoms. The molecule has 0 saturated heterocycles. The van der Waals surface area contributed by atoms with E-state index in [2.05, 4.69) is 15.5 Å². The van der Waals surface area contributed by atoms with Gasteiger partial charge in [0.05, 0.1) is 12.8 Å². The number of nitrogens with zero attached hydrogens (tertiary/aromatic N) is 5. The van der Waals surface area contributed by atoms with Crippen molar-refractivity contribution < 1.29 is 9.53 Å². The van der Waals surface area contributed by atoms with Gasteiger partial charge in [0.15, 0.2) is 5.65 Å². The number of hydrogen-bond donors (Lipinski definition) is 1. The highest BCUT2D eigenvalue weighted by molar-refractivity contribution is 5.78. The fraction of sp³-hybridized carbons (Fsp3) is 0.263. The molecule has 0 spiro atoms. The van der Waals surface area contributed by atoms with Gasteiger partial charge in [0.1, 0.15) is 17.8 Å². The monoisotopic (exact) mass is 380 g/mol. The second-order valence-electron chi connectivity index (χ2n) is 6.74. The summed E-state index contributed by atoms with van der Waals surface area (Å²) in [6.45, 7) is 3.59. The van der Waals surface area contributed by atoms with Crippen LogP contribution in [-0.4, -0.2) is 42.9 Å². The van der Waals surface area contributed by atoms with E-state index in [9.17, 15) is 9.59 Å². The molecule has 4 aromatic rings. The van der Waals surface area contributed by atoms with Gasteiger partial charge in [-0.15, -0.1) is 5.10 Å². The lowest BCUT2D eigenvalue weighted by atomic mass is 10.1. The van der Waals surface area contributed by atoms with Crippen LogP contribution >= 0.6 is 0 Å². The number of amides is 1. The molecule has 9 nitrogen and oxygen atoms in total. The van der Waals surface area contributed by atoms with Gasteiger partial charge >= 0.3 is 5.69 Å². The number of methoxy groups -OCH3 is 1. The van der Waals surface area contributed by atoms with Crippen LogP contribution in [-0.2, 0) is 11.3 Å². The van der Waals surface area contributed by atoms with Crippen LogP contribution in [0.15, 0.2) is 47.5 Å². The molecule has 4 rings (SSSR count). The third kappa shape index (κ3) is 3.11. The molecular weight excluding hydrogens is 360 g/mol. The summed E-state index contributed by atoms with van der Waals surface area (Å²) in [6.07, 6.45) is 3.29. The Morgan fingerprint density at radius 2 is 1.93 bits per heavy atom. The van der Waals surface area contributed by atoms with Crippen molar-refractivity contribution in [3.05, 3.63) is 53.2 Å². The van der Waals surface area contributed by atoms with E-state index in [1.54, 1.807) is 24.0 Å². The standard InChI is InChI=1S/C19H20N6O3/c1-12(2)20-17(26)11-25-19(27)23-8-9-24-16(18(23)22-25)10-15(21-24)13-4-6-14(28-3)7-5-13/h4-10,12H,11H2,1-3H3,(H,20,26). The van der Waals surface area contributed by atoms with Crippen LogP contribution in [0.25, 0.3) is 22.4 Å². The molecule has 1 aromatic carbocycles. The first-order valence-corrected chi connectivity index (χ1v) is 8.87. The van der Waals surface area contributed by atoms with Crippen LogP contribution < -0.4 is 15.7 Å². The first kappa shape index (κ1) is 17.8. The summed E-state index contributed by atoms with van der Waals surface area (Å²) in [6, 6.07) is 9.41. The van der Waals surface area contributed by atoms with E-state index in [0.29, 0.717) is 11.2 Å². The zero-order valence-corrected chi connectivity index (χ0v) is 15.8. The third-order valence-corrected chi connectivity index (χ3v) is 4.32. The van der Waals surface area contributed by atoms with Gasteiger partial charge < -0.3 is 10.1 Å². The van der Waals surface area contributed by atoms with Crippen molar-refractivity contribution >= 4 is 17.1 Å². The smallest absolute Gasteiger partial charge is 0.350 e. The molecule has 0 radical (unpaired) electrons. The van der Waals surface area contributed by atoms with E-state index in [4.69, 9.17) is 4.74 Å². The van der Waals surface area contributed by atoms with Gasteiger partial charge in [0.2, 0.25) is 5.91 Å². The van der Waals surface area contributed by atoms with Crippen molar-refractivity contribution in [2.24, 2.45) is 0 Å². The maximum Gasteiger partial charge on any atom is 0.350 e. The van der Waals surface area contributed by atoms with E-state index in [1.165, 1.54) is 4.40 Å². The van der Waals surface area contributed by atoms with Crippen molar-refractivity contribution in [1.29, 1.82) is 0 Å². The van der Waals surface area contributed by atoms with Crippen LogP contribution in [0, 0.1) is 0 Å². The van der Waals surface area contributed by atoms with Gasteiger partial charge in [0, 0.05) is 24.0 Å². The average Bonchev–Trinajstić information content (AvgIpc) is 3.23. The zero-order valence-electron chi connectivity index (χ0n) is 15.8. The van der Waals surface area contributed by atoms with E-state index in [-0.39, 0.29) is 24.2 Å². The summed E-state index contributed by atoms with van der Waals surface area (Å²) in [5, 5.41) is 11.7. The third-order valence-electron chi connectivity index (χ3n) is 4.32. The number of rotatable bonds is 5. The largest absolute Gasteiger partial charge is 0.497 e. The molecule has 0 aliphatic carbocycles. The highest BCUT2D eigenvalue weighted by atomic mass is 16.5. The molecule has 3 aromatic heterocycles. The fourth-order valence-corrected chi connectivity index (χ4v) is 3.04. The molecule has 0 fully saturated rings. The number of fused-ring (bicyclic) bond motifs is 3. The number of benzene rings is 1. The maximum atomic E-state index is 12.6. The summed E-state index contributed by atoms with van der Waals surface area (Å²) in [5.41, 5.74) is 2.41. The van der Waals surface area contributed by atoms with Crippen molar-refractivity contribution in [3.63, 3.8) is 0 Å². The lowest BCUT2D eigenvalue weighted by Gasteiger charge is -2.06. The van der Waals surface area contributed by atoms with Gasteiger partial charge in [-0.1, -0.05) is 0 Å². The van der Waals surface area contributed by atoms with Crippen LogP contribution in [0.3, 0.4) is 0 Å². The normalized spacial score (nSPS) is 11.4. The van der Waals surface area contributed by atoms with Crippen molar-refractivity contribution in [2.45, 2.75) is 26.4 Å². The second-order valence-corrected chi connectivity index (χ2v) is 6.74. The Morgan fingerprint density at radius 1 is 1.18 bits per heavy atom. The molecule has 144 valence electrons. The SMILES string of the molecule is COc1ccc(-c2cc3c4nn(CC(=O)NC(C)C)c(=O)n4ccn3n2)cc1. The van der Waals surface area contributed by atoms with E-state index < -0.39 is 0 Å². The molecule has 9 heteroatoms. The fourth-order valence-electron chi connectivity index (χ4n) is 3.04. The number of hydrogen-bond acceptors (Lipinski definition) is 5. The van der Waals surface area contributed by atoms with Gasteiger partial charge in [0.25, 0.3) is 0 Å².